The van der Waals surface area contributed by atoms with Crippen LogP contribution in [0.2, 0.25) is 0 Å². The third-order valence-electron chi connectivity index (χ3n) is 3.33. The Labute approximate surface area is 121 Å². The summed E-state index contributed by atoms with van der Waals surface area (Å²) in [6, 6.07) is 6.23. The average Bonchev–Trinajstić information content (AvgIpc) is 2.34. The summed E-state index contributed by atoms with van der Waals surface area (Å²) < 4.78 is 0. The third-order valence-corrected chi connectivity index (χ3v) is 3.33. The fourth-order valence-electron chi connectivity index (χ4n) is 2.27. The molecule has 1 atom stereocenters. The number of nitrogens with one attached hydrogen (secondary N) is 2. The Morgan fingerprint density at radius 1 is 1.10 bits per heavy atom. The van der Waals surface area contributed by atoms with Gasteiger partial charge in [-0.2, -0.15) is 0 Å². The summed E-state index contributed by atoms with van der Waals surface area (Å²) in [4.78, 5) is 10.6. The molecule has 4 heteroatoms. The average molecular weight is 278 g/mol. The summed E-state index contributed by atoms with van der Waals surface area (Å²) in [5.74, 6) is 0.859. The molecule has 0 heterocycles. The van der Waals surface area contributed by atoms with Crippen LogP contribution in [0.1, 0.15) is 57.6 Å². The van der Waals surface area contributed by atoms with Crippen LogP contribution in [-0.4, -0.2) is 23.8 Å². The van der Waals surface area contributed by atoms with Gasteiger partial charge in [0, 0.05) is 18.3 Å². The molecule has 1 aromatic carbocycles. The first-order valence-electron chi connectivity index (χ1n) is 7.19. The van der Waals surface area contributed by atoms with E-state index in [-0.39, 0.29) is 6.04 Å². The smallest absolute Gasteiger partial charge is 0.404 e. The SMILES string of the molecule is CC(CNc1c(C(C)C)cccc1C(C)C)NC(=O)O. The predicted molar refractivity (Wildman–Crippen MR) is 83.7 cm³/mol. The second kappa shape index (κ2) is 7.17. The van der Waals surface area contributed by atoms with E-state index in [1.807, 2.05) is 6.92 Å². The summed E-state index contributed by atoms with van der Waals surface area (Å²) in [6.07, 6.45) is -0.986. The highest BCUT2D eigenvalue weighted by Gasteiger charge is 2.14. The fraction of sp³-hybridized carbons (Fsp3) is 0.562. The molecule has 112 valence electrons. The molecule has 0 saturated heterocycles. The fourth-order valence-corrected chi connectivity index (χ4v) is 2.27. The molecule has 0 aliphatic rings. The Balaban J connectivity index is 2.93. The Kier molecular flexibility index (Phi) is 5.86. The lowest BCUT2D eigenvalue weighted by molar-refractivity contribution is 0.191. The van der Waals surface area contributed by atoms with E-state index in [1.54, 1.807) is 0 Å². The maximum atomic E-state index is 10.6. The van der Waals surface area contributed by atoms with Crippen LogP contribution < -0.4 is 10.6 Å². The lowest BCUT2D eigenvalue weighted by atomic mass is 9.92. The monoisotopic (exact) mass is 278 g/mol. The summed E-state index contributed by atoms with van der Waals surface area (Å²) in [6.45, 7) is 11.1. The highest BCUT2D eigenvalue weighted by atomic mass is 16.4. The highest BCUT2D eigenvalue weighted by Crippen LogP contribution is 2.32. The molecule has 0 bridgehead atoms. The normalized spacial score (nSPS) is 12.6. The van der Waals surface area contributed by atoms with E-state index in [0.29, 0.717) is 18.4 Å². The number of amides is 1. The Hall–Kier alpha value is -1.71. The molecule has 0 saturated carbocycles. The van der Waals surface area contributed by atoms with Gasteiger partial charge in [0.25, 0.3) is 0 Å². The van der Waals surface area contributed by atoms with Crippen molar-refractivity contribution in [3.8, 4) is 0 Å². The standard InChI is InChI=1S/C16H26N2O2/c1-10(2)13-7-6-8-14(11(3)4)15(13)17-9-12(5)18-16(19)20/h6-8,10-12,17-18H,9H2,1-5H3,(H,19,20). The van der Waals surface area contributed by atoms with E-state index in [1.165, 1.54) is 11.1 Å². The third kappa shape index (κ3) is 4.44. The van der Waals surface area contributed by atoms with E-state index < -0.39 is 6.09 Å². The first-order chi connectivity index (χ1) is 9.32. The van der Waals surface area contributed by atoms with Crippen molar-refractivity contribution in [2.45, 2.75) is 52.5 Å². The summed E-state index contributed by atoms with van der Waals surface area (Å²) in [7, 11) is 0. The van der Waals surface area contributed by atoms with Crippen molar-refractivity contribution in [2.75, 3.05) is 11.9 Å². The van der Waals surface area contributed by atoms with Gasteiger partial charge in [0.05, 0.1) is 0 Å². The maximum absolute atomic E-state index is 10.6. The van der Waals surface area contributed by atoms with Crippen LogP contribution in [0.5, 0.6) is 0 Å². The Bertz CT molecular complexity index is 430. The van der Waals surface area contributed by atoms with Gasteiger partial charge in [0.1, 0.15) is 0 Å². The zero-order chi connectivity index (χ0) is 15.3. The maximum Gasteiger partial charge on any atom is 0.404 e. The predicted octanol–water partition coefficient (Wildman–Crippen LogP) is 4.00. The number of anilines is 1. The molecular formula is C16H26N2O2. The molecule has 4 nitrogen and oxygen atoms in total. The number of hydrogen-bond acceptors (Lipinski definition) is 2. The first-order valence-corrected chi connectivity index (χ1v) is 7.19. The second-order valence-corrected chi connectivity index (χ2v) is 5.85. The molecule has 0 radical (unpaired) electrons. The number of carboxylic acid groups (broad SMARTS) is 1. The van der Waals surface area contributed by atoms with Gasteiger partial charge in [0.2, 0.25) is 0 Å². The van der Waals surface area contributed by atoms with Gasteiger partial charge in [-0.3, -0.25) is 0 Å². The second-order valence-electron chi connectivity index (χ2n) is 5.85. The zero-order valence-electron chi connectivity index (χ0n) is 13.0. The summed E-state index contributed by atoms with van der Waals surface area (Å²) in [5.41, 5.74) is 3.70. The molecule has 0 fully saturated rings. The molecule has 0 spiro atoms. The van der Waals surface area contributed by atoms with Crippen LogP contribution in [0.3, 0.4) is 0 Å². The van der Waals surface area contributed by atoms with Crippen molar-refractivity contribution in [3.05, 3.63) is 29.3 Å². The van der Waals surface area contributed by atoms with E-state index >= 15 is 0 Å². The van der Waals surface area contributed by atoms with Gasteiger partial charge in [-0.25, -0.2) is 4.79 Å². The summed E-state index contributed by atoms with van der Waals surface area (Å²) >= 11 is 0. The van der Waals surface area contributed by atoms with Crippen molar-refractivity contribution in [2.24, 2.45) is 0 Å². The number of benzene rings is 1. The largest absolute Gasteiger partial charge is 0.465 e. The molecule has 1 rings (SSSR count). The molecule has 0 aromatic heterocycles. The van der Waals surface area contributed by atoms with E-state index in [0.717, 1.165) is 5.69 Å². The number of rotatable bonds is 6. The van der Waals surface area contributed by atoms with Crippen LogP contribution in [0, 0.1) is 0 Å². The van der Waals surface area contributed by atoms with Crippen molar-refractivity contribution in [3.63, 3.8) is 0 Å². The Morgan fingerprint density at radius 3 is 2.00 bits per heavy atom. The molecule has 20 heavy (non-hydrogen) atoms. The van der Waals surface area contributed by atoms with Crippen LogP contribution in [0.25, 0.3) is 0 Å². The molecule has 1 aromatic rings. The van der Waals surface area contributed by atoms with Crippen molar-refractivity contribution >= 4 is 11.8 Å². The van der Waals surface area contributed by atoms with Gasteiger partial charge in [-0.1, -0.05) is 45.9 Å². The van der Waals surface area contributed by atoms with Gasteiger partial charge < -0.3 is 15.7 Å². The van der Waals surface area contributed by atoms with Crippen LogP contribution >= 0.6 is 0 Å². The van der Waals surface area contributed by atoms with Crippen LogP contribution in [-0.2, 0) is 0 Å². The van der Waals surface area contributed by atoms with Crippen LogP contribution in [0.15, 0.2) is 18.2 Å². The molecule has 3 N–H and O–H groups in total. The van der Waals surface area contributed by atoms with Crippen molar-refractivity contribution in [1.29, 1.82) is 0 Å². The number of hydrogen-bond donors (Lipinski definition) is 3. The molecule has 1 unspecified atom stereocenters. The zero-order valence-corrected chi connectivity index (χ0v) is 13.0. The highest BCUT2D eigenvalue weighted by molar-refractivity contribution is 5.65. The molecule has 0 aliphatic heterocycles. The van der Waals surface area contributed by atoms with Gasteiger partial charge in [-0.15, -0.1) is 0 Å². The molecule has 0 aliphatic carbocycles. The van der Waals surface area contributed by atoms with E-state index in [4.69, 9.17) is 5.11 Å². The van der Waals surface area contributed by atoms with Crippen LogP contribution in [0.4, 0.5) is 10.5 Å². The lowest BCUT2D eigenvalue weighted by Gasteiger charge is -2.22. The molecule has 1 amide bonds. The molecular weight excluding hydrogens is 252 g/mol. The minimum absolute atomic E-state index is 0.132. The van der Waals surface area contributed by atoms with Crippen molar-refractivity contribution < 1.29 is 9.90 Å². The van der Waals surface area contributed by atoms with Gasteiger partial charge >= 0.3 is 6.09 Å². The number of carbonyl (C=O) groups is 1. The van der Waals surface area contributed by atoms with Gasteiger partial charge in [0.15, 0.2) is 0 Å². The summed E-state index contributed by atoms with van der Waals surface area (Å²) in [5, 5.41) is 14.6. The minimum atomic E-state index is -0.986. The first kappa shape index (κ1) is 16.3. The van der Waals surface area contributed by atoms with Gasteiger partial charge in [-0.05, 0) is 29.9 Å². The Morgan fingerprint density at radius 2 is 1.60 bits per heavy atom. The lowest BCUT2D eigenvalue weighted by Crippen LogP contribution is -2.36. The van der Waals surface area contributed by atoms with E-state index in [2.05, 4.69) is 56.5 Å². The topological polar surface area (TPSA) is 61.4 Å². The van der Waals surface area contributed by atoms with E-state index in [9.17, 15) is 4.79 Å². The quantitative estimate of drug-likeness (QED) is 0.737. The van der Waals surface area contributed by atoms with Crippen molar-refractivity contribution in [1.82, 2.24) is 5.32 Å². The minimum Gasteiger partial charge on any atom is -0.465 e. The number of para-hydroxylation sites is 1.